The first kappa shape index (κ1) is 13.8. The van der Waals surface area contributed by atoms with Crippen LogP contribution in [0.5, 0.6) is 0 Å². The molecule has 10 heteroatoms. The van der Waals surface area contributed by atoms with Crippen LogP contribution in [0.25, 0.3) is 11.0 Å². The zero-order valence-corrected chi connectivity index (χ0v) is 10.8. The van der Waals surface area contributed by atoms with Gasteiger partial charge in [-0.2, -0.15) is 0 Å². The Morgan fingerprint density at radius 3 is 2.71 bits per heavy atom. The number of hydrogen-bond acceptors (Lipinski definition) is 8. The van der Waals surface area contributed by atoms with E-state index in [-0.39, 0.29) is 11.3 Å². The van der Waals surface area contributed by atoms with Crippen molar-refractivity contribution >= 4 is 16.9 Å². The average molecular weight is 297 g/mol. The first-order valence-electron chi connectivity index (χ1n) is 6.21. The molecule has 7 N–H and O–H groups in total. The van der Waals surface area contributed by atoms with E-state index in [1.807, 2.05) is 0 Å². The van der Waals surface area contributed by atoms with Crippen molar-refractivity contribution < 1.29 is 20.1 Å². The summed E-state index contributed by atoms with van der Waals surface area (Å²) in [6.45, 7) is -0.445. The molecule has 1 aliphatic heterocycles. The molecular weight excluding hydrogens is 282 g/mol. The van der Waals surface area contributed by atoms with Crippen molar-refractivity contribution in [2.24, 2.45) is 0 Å². The van der Waals surface area contributed by atoms with E-state index in [1.165, 1.54) is 17.0 Å². The van der Waals surface area contributed by atoms with E-state index in [9.17, 15) is 15.0 Å². The van der Waals surface area contributed by atoms with Crippen LogP contribution in [0.2, 0.25) is 0 Å². The van der Waals surface area contributed by atoms with Gasteiger partial charge in [-0.05, 0) is 0 Å². The van der Waals surface area contributed by atoms with Crippen LogP contribution < -0.4 is 17.1 Å². The summed E-state index contributed by atoms with van der Waals surface area (Å²) in [6.07, 6.45) is -3.15. The van der Waals surface area contributed by atoms with Gasteiger partial charge in [0.25, 0.3) is 5.56 Å². The van der Waals surface area contributed by atoms with Crippen molar-refractivity contribution in [2.45, 2.75) is 24.5 Å². The van der Waals surface area contributed by atoms with Gasteiger partial charge in [0.1, 0.15) is 24.1 Å². The maximum atomic E-state index is 11.9. The standard InChI is InChI=1S/C11H15N5O5/c12-6-1-4-7(10(20)16(6)13)14-3-15(4)11-9(19)8(18)5(2-17)21-11/h1,3,5,8-9,11,17-19H,2,12-13H2/t5-,8-,9-,11-/m1/s1. The zero-order valence-electron chi connectivity index (χ0n) is 10.8. The second-order valence-electron chi connectivity index (χ2n) is 4.86. The Bertz CT molecular complexity index is 740. The molecule has 10 nitrogen and oxygen atoms in total. The maximum Gasteiger partial charge on any atom is 0.298 e. The summed E-state index contributed by atoms with van der Waals surface area (Å²) in [6, 6.07) is 1.42. The zero-order chi connectivity index (χ0) is 15.3. The number of fused-ring (bicyclic) bond motifs is 1. The molecule has 1 fully saturated rings. The molecule has 3 heterocycles. The van der Waals surface area contributed by atoms with Crippen molar-refractivity contribution in [1.82, 2.24) is 14.2 Å². The van der Waals surface area contributed by atoms with E-state index in [0.717, 1.165) is 4.68 Å². The lowest BCUT2D eigenvalue weighted by Crippen LogP contribution is -2.33. The fourth-order valence-electron chi connectivity index (χ4n) is 2.43. The van der Waals surface area contributed by atoms with Gasteiger partial charge in [-0.1, -0.05) is 0 Å². The van der Waals surface area contributed by atoms with Gasteiger partial charge >= 0.3 is 0 Å². The van der Waals surface area contributed by atoms with Gasteiger partial charge < -0.3 is 36.2 Å². The van der Waals surface area contributed by atoms with Crippen LogP contribution in [0.4, 0.5) is 5.82 Å². The second-order valence-corrected chi connectivity index (χ2v) is 4.86. The largest absolute Gasteiger partial charge is 0.394 e. The first-order valence-corrected chi connectivity index (χ1v) is 6.21. The van der Waals surface area contributed by atoms with E-state index in [4.69, 9.17) is 21.4 Å². The normalized spacial score (nSPS) is 29.3. The van der Waals surface area contributed by atoms with Crippen molar-refractivity contribution in [2.75, 3.05) is 18.2 Å². The molecule has 0 amide bonds. The smallest absolute Gasteiger partial charge is 0.298 e. The molecule has 0 aliphatic carbocycles. The average Bonchev–Trinajstić information content (AvgIpc) is 2.99. The molecule has 114 valence electrons. The summed E-state index contributed by atoms with van der Waals surface area (Å²) in [5.41, 5.74) is 5.42. The molecule has 0 spiro atoms. The van der Waals surface area contributed by atoms with E-state index in [1.54, 1.807) is 0 Å². The predicted molar refractivity (Wildman–Crippen MR) is 71.6 cm³/mol. The number of nitrogens with zero attached hydrogens (tertiary/aromatic N) is 3. The molecule has 21 heavy (non-hydrogen) atoms. The first-order chi connectivity index (χ1) is 9.95. The molecule has 0 bridgehead atoms. The number of aliphatic hydroxyl groups excluding tert-OH is 3. The summed E-state index contributed by atoms with van der Waals surface area (Å²) in [5, 5.41) is 28.9. The Hall–Kier alpha value is -2.14. The maximum absolute atomic E-state index is 11.9. The molecule has 2 aromatic rings. The minimum atomic E-state index is -1.28. The van der Waals surface area contributed by atoms with Crippen LogP contribution in [0.3, 0.4) is 0 Å². The van der Waals surface area contributed by atoms with E-state index in [0.29, 0.717) is 5.52 Å². The van der Waals surface area contributed by atoms with Crippen LogP contribution in [0.15, 0.2) is 17.2 Å². The molecule has 0 unspecified atom stereocenters. The van der Waals surface area contributed by atoms with Gasteiger partial charge in [0.2, 0.25) is 0 Å². The lowest BCUT2D eigenvalue weighted by molar-refractivity contribution is -0.0508. The van der Waals surface area contributed by atoms with E-state index >= 15 is 0 Å². The lowest BCUT2D eigenvalue weighted by atomic mass is 10.1. The van der Waals surface area contributed by atoms with Crippen LogP contribution in [-0.2, 0) is 4.74 Å². The minimum Gasteiger partial charge on any atom is -0.394 e. The topological polar surface area (TPSA) is 162 Å². The summed E-state index contributed by atoms with van der Waals surface area (Å²) < 4.78 is 7.52. The van der Waals surface area contributed by atoms with Gasteiger partial charge in [-0.15, -0.1) is 0 Å². The fraction of sp³-hybridized carbons (Fsp3) is 0.455. The van der Waals surface area contributed by atoms with E-state index in [2.05, 4.69) is 4.98 Å². The van der Waals surface area contributed by atoms with Gasteiger partial charge in [0, 0.05) is 6.07 Å². The molecule has 2 aromatic heterocycles. The third-order valence-corrected chi connectivity index (χ3v) is 3.61. The third kappa shape index (κ3) is 1.88. The third-order valence-electron chi connectivity index (χ3n) is 3.61. The number of nitrogens with two attached hydrogens (primary N) is 2. The Morgan fingerprint density at radius 2 is 2.10 bits per heavy atom. The van der Waals surface area contributed by atoms with Crippen molar-refractivity contribution in [3.63, 3.8) is 0 Å². The van der Waals surface area contributed by atoms with Gasteiger partial charge in [0.05, 0.1) is 18.5 Å². The lowest BCUT2D eigenvalue weighted by Gasteiger charge is -2.17. The number of aliphatic hydroxyl groups is 3. The van der Waals surface area contributed by atoms with Crippen molar-refractivity contribution in [1.29, 1.82) is 0 Å². The fourth-order valence-corrected chi connectivity index (χ4v) is 2.43. The summed E-state index contributed by atoms with van der Waals surface area (Å²) in [7, 11) is 0. The molecule has 0 radical (unpaired) electrons. The number of rotatable bonds is 2. The summed E-state index contributed by atoms with van der Waals surface area (Å²) in [4.78, 5) is 15.9. The molecule has 0 saturated carbocycles. The second kappa shape index (κ2) is 4.70. The number of ether oxygens (including phenoxy) is 1. The summed E-state index contributed by atoms with van der Waals surface area (Å²) in [5.74, 6) is 5.49. The number of anilines is 1. The highest BCUT2D eigenvalue weighted by Gasteiger charge is 2.43. The van der Waals surface area contributed by atoms with Crippen LogP contribution >= 0.6 is 0 Å². The monoisotopic (exact) mass is 297 g/mol. The van der Waals surface area contributed by atoms with E-state index < -0.39 is 36.7 Å². The minimum absolute atomic E-state index is 0.0148. The number of hydrogen-bond donors (Lipinski definition) is 5. The summed E-state index contributed by atoms with van der Waals surface area (Å²) >= 11 is 0. The molecule has 0 aromatic carbocycles. The predicted octanol–water partition coefficient (Wildman–Crippen LogP) is -2.89. The van der Waals surface area contributed by atoms with Crippen LogP contribution in [0, 0.1) is 0 Å². The highest BCUT2D eigenvalue weighted by Crippen LogP contribution is 2.31. The highest BCUT2D eigenvalue weighted by atomic mass is 16.6. The molecular formula is C11H15N5O5. The highest BCUT2D eigenvalue weighted by molar-refractivity contribution is 5.77. The van der Waals surface area contributed by atoms with Crippen molar-refractivity contribution in [3.8, 4) is 0 Å². The SMILES string of the molecule is Nc1cc2c(ncn2[C@@H]2O[C@H](CO)[C@@H](O)[C@H]2O)c(=O)n1N. The number of aromatic nitrogens is 3. The Balaban J connectivity index is 2.12. The number of pyridine rings is 1. The molecule has 4 atom stereocenters. The quantitative estimate of drug-likeness (QED) is 0.369. The molecule has 3 rings (SSSR count). The van der Waals surface area contributed by atoms with Crippen LogP contribution in [0.1, 0.15) is 6.23 Å². The molecule has 1 saturated heterocycles. The van der Waals surface area contributed by atoms with Crippen LogP contribution in [-0.4, -0.2) is 54.5 Å². The number of nitrogen functional groups attached to an aromatic ring is 2. The van der Waals surface area contributed by atoms with Crippen molar-refractivity contribution in [3.05, 3.63) is 22.7 Å². The Morgan fingerprint density at radius 1 is 1.38 bits per heavy atom. The van der Waals surface area contributed by atoms with Gasteiger partial charge in [0.15, 0.2) is 11.7 Å². The van der Waals surface area contributed by atoms with Gasteiger partial charge in [-0.3, -0.25) is 4.79 Å². The number of imidazole rings is 1. The molecule has 1 aliphatic rings. The van der Waals surface area contributed by atoms with Gasteiger partial charge in [-0.25, -0.2) is 9.66 Å². The Labute approximate surface area is 117 Å². The Kier molecular flexibility index (Phi) is 3.10.